The van der Waals surface area contributed by atoms with Crippen LogP contribution < -0.4 is 5.43 Å². The fourth-order valence-corrected chi connectivity index (χ4v) is 3.64. The zero-order chi connectivity index (χ0) is 18.6. The van der Waals surface area contributed by atoms with Crippen LogP contribution in [0.15, 0.2) is 28.3 Å². The van der Waals surface area contributed by atoms with Gasteiger partial charge in [-0.1, -0.05) is 34.3 Å². The second kappa shape index (κ2) is 6.07. The number of urea groups is 1. The van der Waals surface area contributed by atoms with Crippen LogP contribution in [-0.4, -0.2) is 63.5 Å². The van der Waals surface area contributed by atoms with Crippen molar-refractivity contribution in [1.82, 2.24) is 15.2 Å². The van der Waals surface area contributed by atoms with Crippen LogP contribution in [0.3, 0.4) is 0 Å². The molecule has 1 N–H and O–H groups in total. The molecule has 3 aliphatic heterocycles. The number of halogens is 2. The van der Waals surface area contributed by atoms with Gasteiger partial charge in [0.25, 0.3) is 5.91 Å². The lowest BCUT2D eigenvalue weighted by atomic mass is 10.1. The van der Waals surface area contributed by atoms with Gasteiger partial charge in [0.15, 0.2) is 0 Å². The van der Waals surface area contributed by atoms with Gasteiger partial charge in [-0.05, 0) is 24.6 Å². The van der Waals surface area contributed by atoms with Gasteiger partial charge in [0.2, 0.25) is 11.9 Å². The fourth-order valence-electron chi connectivity index (χ4n) is 3.17. The first-order chi connectivity index (χ1) is 12.4. The molecule has 26 heavy (non-hydrogen) atoms. The summed E-state index contributed by atoms with van der Waals surface area (Å²) in [6.45, 7) is 2.38. The van der Waals surface area contributed by atoms with Crippen LogP contribution in [0.5, 0.6) is 0 Å². The van der Waals surface area contributed by atoms with Crippen LogP contribution in [-0.2, 0) is 11.3 Å². The standard InChI is InChI=1S/C16H14Cl2N6O2/c1-8-6-23-12-13(19-15(23)21-20-8)22(2)16(26)24(14(12)25)7-9-3-4-10(17)5-11(9)18/h3-5,12H,6-7H2,1-2H3/p+1. The van der Waals surface area contributed by atoms with E-state index in [0.717, 1.165) is 5.71 Å². The second-order valence-electron chi connectivity index (χ2n) is 6.28. The second-order valence-corrected chi connectivity index (χ2v) is 7.13. The number of hydrogen-bond acceptors (Lipinski definition) is 5. The smallest absolute Gasteiger partial charge is 0.270 e. The third kappa shape index (κ3) is 2.57. The fraction of sp³-hybridized carbons (Fsp3) is 0.312. The first-order valence-corrected chi connectivity index (χ1v) is 8.66. The predicted molar refractivity (Wildman–Crippen MR) is 97.8 cm³/mol. The number of likely N-dealkylation sites (N-methyl/N-ethyl adjacent to an activating group) is 1. The Hall–Kier alpha value is -2.45. The minimum absolute atomic E-state index is 0.0610. The largest absolute Gasteiger partial charge is 0.414 e. The zero-order valence-corrected chi connectivity index (χ0v) is 15.5. The summed E-state index contributed by atoms with van der Waals surface area (Å²) in [7, 11) is 1.60. The molecule has 0 saturated carbocycles. The molecule has 1 fully saturated rings. The summed E-state index contributed by atoms with van der Waals surface area (Å²) in [4.78, 5) is 32.8. The van der Waals surface area contributed by atoms with Crippen molar-refractivity contribution in [3.8, 4) is 0 Å². The third-order valence-electron chi connectivity index (χ3n) is 4.50. The number of carbonyl (C=O) groups is 2. The molecule has 0 aliphatic carbocycles. The Morgan fingerprint density at radius 3 is 2.85 bits per heavy atom. The predicted octanol–water partition coefficient (Wildman–Crippen LogP) is 1.52. The van der Waals surface area contributed by atoms with Gasteiger partial charge in [0.05, 0.1) is 12.3 Å². The van der Waals surface area contributed by atoms with Crippen molar-refractivity contribution in [1.29, 1.82) is 0 Å². The number of amides is 3. The van der Waals surface area contributed by atoms with Gasteiger partial charge < -0.3 is 0 Å². The minimum Gasteiger partial charge on any atom is -0.270 e. The zero-order valence-electron chi connectivity index (χ0n) is 14.0. The maximum absolute atomic E-state index is 13.1. The highest BCUT2D eigenvalue weighted by Gasteiger charge is 2.53. The van der Waals surface area contributed by atoms with E-state index < -0.39 is 12.1 Å². The van der Waals surface area contributed by atoms with Crippen molar-refractivity contribution in [2.24, 2.45) is 10.1 Å². The van der Waals surface area contributed by atoms with Crippen molar-refractivity contribution in [2.45, 2.75) is 19.5 Å². The summed E-state index contributed by atoms with van der Waals surface area (Å²) in [5.41, 5.74) is 4.29. The van der Waals surface area contributed by atoms with E-state index in [-0.39, 0.29) is 12.5 Å². The summed E-state index contributed by atoms with van der Waals surface area (Å²) in [5.74, 6) is 0.519. The van der Waals surface area contributed by atoms with E-state index in [4.69, 9.17) is 23.2 Å². The molecule has 0 spiro atoms. The number of hydrogen-bond donors (Lipinski definition) is 1. The molecular weight excluding hydrogens is 379 g/mol. The number of carbonyl (C=O) groups excluding carboxylic acids is 2. The van der Waals surface area contributed by atoms with Crippen LogP contribution in [0.4, 0.5) is 4.79 Å². The molecule has 4 rings (SSSR count). The Labute approximate surface area is 159 Å². The quantitative estimate of drug-likeness (QED) is 0.773. The molecule has 10 heteroatoms. The summed E-state index contributed by atoms with van der Waals surface area (Å²) < 4.78 is 1.80. The van der Waals surface area contributed by atoms with Crippen LogP contribution in [0.1, 0.15) is 12.5 Å². The number of guanidine groups is 1. The van der Waals surface area contributed by atoms with Gasteiger partial charge in [-0.25, -0.2) is 9.37 Å². The molecule has 0 bridgehead atoms. The van der Waals surface area contributed by atoms with E-state index >= 15 is 0 Å². The Morgan fingerprint density at radius 1 is 1.35 bits per heavy atom. The van der Waals surface area contributed by atoms with E-state index in [9.17, 15) is 9.59 Å². The molecule has 1 aromatic rings. The average molecular weight is 394 g/mol. The van der Waals surface area contributed by atoms with E-state index in [1.807, 2.05) is 6.92 Å². The monoisotopic (exact) mass is 393 g/mol. The molecule has 8 nitrogen and oxygen atoms in total. The maximum Gasteiger partial charge on any atom is 0.414 e. The van der Waals surface area contributed by atoms with Gasteiger partial charge in [-0.3, -0.25) is 14.6 Å². The van der Waals surface area contributed by atoms with Gasteiger partial charge in [0.1, 0.15) is 6.54 Å². The number of amidine groups is 1. The van der Waals surface area contributed by atoms with Crippen molar-refractivity contribution in [2.75, 3.05) is 13.6 Å². The number of hydrazone groups is 1. The van der Waals surface area contributed by atoms with E-state index in [1.165, 1.54) is 9.80 Å². The van der Waals surface area contributed by atoms with Gasteiger partial charge in [-0.15, -0.1) is 5.10 Å². The Bertz CT molecular complexity index is 939. The number of aliphatic imine (C=N–C) groups is 1. The number of nitrogens with zero attached hydrogens (tertiary/aromatic N) is 5. The Morgan fingerprint density at radius 2 is 2.12 bits per heavy atom. The van der Waals surface area contributed by atoms with E-state index in [2.05, 4.69) is 15.5 Å². The number of imide groups is 1. The van der Waals surface area contributed by atoms with Crippen LogP contribution in [0, 0.1) is 0 Å². The van der Waals surface area contributed by atoms with Crippen LogP contribution >= 0.6 is 23.2 Å². The van der Waals surface area contributed by atoms with Crippen LogP contribution in [0.2, 0.25) is 10.0 Å². The lowest BCUT2D eigenvalue weighted by molar-refractivity contribution is -0.524. The highest BCUT2D eigenvalue weighted by atomic mass is 35.5. The molecule has 3 heterocycles. The number of fused-ring (bicyclic) bond motifs is 2. The Balaban J connectivity index is 1.67. The molecule has 3 amide bonds. The topological polar surface area (TPSA) is 80.4 Å². The van der Waals surface area contributed by atoms with Crippen molar-refractivity contribution in [3.05, 3.63) is 33.8 Å². The highest BCUT2D eigenvalue weighted by molar-refractivity contribution is 6.35. The van der Waals surface area contributed by atoms with Gasteiger partial charge in [0, 0.05) is 17.1 Å². The van der Waals surface area contributed by atoms with Crippen LogP contribution in [0.25, 0.3) is 0 Å². The number of rotatable bonds is 2. The number of benzene rings is 1. The molecule has 1 atom stereocenters. The van der Waals surface area contributed by atoms with E-state index in [0.29, 0.717) is 33.9 Å². The van der Waals surface area contributed by atoms with Gasteiger partial charge in [-0.2, -0.15) is 5.43 Å². The van der Waals surface area contributed by atoms with E-state index in [1.54, 1.807) is 29.8 Å². The van der Waals surface area contributed by atoms with Crippen molar-refractivity contribution in [3.63, 3.8) is 0 Å². The summed E-state index contributed by atoms with van der Waals surface area (Å²) >= 11 is 12.1. The molecule has 3 aliphatic rings. The molecular formula is C16H15Cl2N6O2+. The highest BCUT2D eigenvalue weighted by Crippen LogP contribution is 2.26. The lowest BCUT2D eigenvalue weighted by Crippen LogP contribution is -2.63. The molecule has 1 unspecified atom stereocenters. The lowest BCUT2D eigenvalue weighted by Gasteiger charge is -2.34. The molecule has 0 radical (unpaired) electrons. The molecule has 134 valence electrons. The average Bonchev–Trinajstić information content (AvgIpc) is 2.97. The SMILES string of the molecule is CC1=NNC2=[N+](C1)C1C(=O)N(Cc3ccc(Cl)cc3Cl)C(=O)N(C)C1=N2. The van der Waals surface area contributed by atoms with Crippen molar-refractivity contribution < 1.29 is 14.2 Å². The van der Waals surface area contributed by atoms with Crippen molar-refractivity contribution >= 4 is 52.6 Å². The molecule has 1 saturated heterocycles. The molecule has 0 aromatic heterocycles. The normalized spacial score (nSPS) is 22.1. The molecule has 1 aromatic carbocycles. The first kappa shape index (κ1) is 17.0. The number of nitrogens with one attached hydrogen (secondary N) is 1. The van der Waals surface area contributed by atoms with Gasteiger partial charge >= 0.3 is 12.0 Å². The maximum atomic E-state index is 13.1. The third-order valence-corrected chi connectivity index (χ3v) is 5.09. The summed E-state index contributed by atoms with van der Waals surface area (Å²) in [6.07, 6.45) is 0. The minimum atomic E-state index is -0.670. The first-order valence-electron chi connectivity index (χ1n) is 7.91. The Kier molecular flexibility index (Phi) is 3.96. The summed E-state index contributed by atoms with van der Waals surface area (Å²) in [6, 6.07) is 3.85. The summed E-state index contributed by atoms with van der Waals surface area (Å²) in [5, 5.41) is 5.02.